The third-order valence-corrected chi connectivity index (χ3v) is 3.35. The zero-order valence-corrected chi connectivity index (χ0v) is 13.5. The van der Waals surface area contributed by atoms with E-state index in [1.807, 2.05) is 24.3 Å². The van der Waals surface area contributed by atoms with Crippen molar-refractivity contribution in [2.75, 3.05) is 18.6 Å². The highest BCUT2D eigenvalue weighted by Crippen LogP contribution is 2.25. The third-order valence-electron chi connectivity index (χ3n) is 3.35. The quantitative estimate of drug-likeness (QED) is 0.442. The molecule has 1 heterocycles. The van der Waals surface area contributed by atoms with E-state index >= 15 is 0 Å². The van der Waals surface area contributed by atoms with Crippen LogP contribution in [0.1, 0.15) is 26.7 Å². The average molecular weight is 317 g/mol. The Morgan fingerprint density at radius 3 is 2.83 bits per heavy atom. The van der Waals surface area contributed by atoms with Gasteiger partial charge in [0.25, 0.3) is 0 Å². The highest BCUT2D eigenvalue weighted by Gasteiger charge is 2.08. The molecule has 124 valence electrons. The molecule has 6 nitrogen and oxygen atoms in total. The Balaban J connectivity index is 1.90. The maximum atomic E-state index is 11.6. The molecular weight excluding hydrogens is 294 g/mol. The van der Waals surface area contributed by atoms with Gasteiger partial charge in [0.05, 0.1) is 19.6 Å². The number of para-hydroxylation sites is 1. The van der Waals surface area contributed by atoms with E-state index in [1.165, 1.54) is 0 Å². The van der Waals surface area contributed by atoms with Gasteiger partial charge in [-0.25, -0.2) is 10.8 Å². The molecule has 0 aliphatic carbocycles. The zero-order valence-electron chi connectivity index (χ0n) is 13.5. The predicted octanol–water partition coefficient (Wildman–Crippen LogP) is 2.88. The molecule has 0 atom stereocenters. The Morgan fingerprint density at radius 1 is 1.26 bits per heavy atom. The lowest BCUT2D eigenvalue weighted by atomic mass is 10.1. The van der Waals surface area contributed by atoms with Gasteiger partial charge in [0, 0.05) is 5.39 Å². The van der Waals surface area contributed by atoms with Crippen molar-refractivity contribution in [1.29, 1.82) is 0 Å². The number of nitrogen functional groups attached to an aromatic ring is 1. The molecule has 2 rings (SSSR count). The summed E-state index contributed by atoms with van der Waals surface area (Å²) in [7, 11) is 0. The van der Waals surface area contributed by atoms with Crippen molar-refractivity contribution in [3.63, 3.8) is 0 Å². The Kier molecular flexibility index (Phi) is 6.17. The standard InChI is InChI=1S/C17H23N3O3/c1-12(2)8-10-23-16(21)9-11-22-14-5-3-4-13-6-7-15(20-18)19-17(13)14/h3-7,12H,8-11,18H2,1-2H3,(H,19,20). The first kappa shape index (κ1) is 17.0. The number of benzene rings is 1. The van der Waals surface area contributed by atoms with E-state index in [0.29, 0.717) is 29.6 Å². The number of pyridine rings is 1. The van der Waals surface area contributed by atoms with E-state index in [1.54, 1.807) is 6.07 Å². The van der Waals surface area contributed by atoms with Crippen LogP contribution in [0, 0.1) is 5.92 Å². The molecule has 0 aliphatic rings. The van der Waals surface area contributed by atoms with Gasteiger partial charge in [0.15, 0.2) is 0 Å². The van der Waals surface area contributed by atoms with Crippen LogP contribution < -0.4 is 16.0 Å². The largest absolute Gasteiger partial charge is 0.491 e. The fourth-order valence-electron chi connectivity index (χ4n) is 2.04. The molecule has 0 radical (unpaired) electrons. The van der Waals surface area contributed by atoms with E-state index in [2.05, 4.69) is 24.3 Å². The molecule has 0 fully saturated rings. The van der Waals surface area contributed by atoms with Gasteiger partial charge in [-0.15, -0.1) is 0 Å². The number of hydrogen-bond donors (Lipinski definition) is 2. The number of nitrogens with two attached hydrogens (primary N) is 1. The van der Waals surface area contributed by atoms with Crippen LogP contribution in [0.15, 0.2) is 30.3 Å². The van der Waals surface area contributed by atoms with E-state index in [9.17, 15) is 4.79 Å². The number of hydrogen-bond acceptors (Lipinski definition) is 6. The molecule has 0 spiro atoms. The first-order valence-corrected chi connectivity index (χ1v) is 7.75. The number of rotatable bonds is 8. The Bertz CT molecular complexity index is 659. The Labute approximate surface area is 136 Å². The number of aromatic nitrogens is 1. The molecule has 2 aromatic rings. The summed E-state index contributed by atoms with van der Waals surface area (Å²) in [6.45, 7) is 4.89. The fourth-order valence-corrected chi connectivity index (χ4v) is 2.04. The van der Waals surface area contributed by atoms with Crippen LogP contribution in [-0.4, -0.2) is 24.2 Å². The van der Waals surface area contributed by atoms with Crippen molar-refractivity contribution in [1.82, 2.24) is 4.98 Å². The zero-order chi connectivity index (χ0) is 16.7. The van der Waals surface area contributed by atoms with Crippen LogP contribution in [0.5, 0.6) is 5.75 Å². The van der Waals surface area contributed by atoms with Crippen molar-refractivity contribution in [2.24, 2.45) is 11.8 Å². The molecular formula is C17H23N3O3. The van der Waals surface area contributed by atoms with Gasteiger partial charge < -0.3 is 14.9 Å². The summed E-state index contributed by atoms with van der Waals surface area (Å²) in [5.41, 5.74) is 3.22. The number of nitrogens with zero attached hydrogens (tertiary/aromatic N) is 1. The molecule has 0 aliphatic heterocycles. The minimum absolute atomic E-state index is 0.212. The smallest absolute Gasteiger partial charge is 0.309 e. The number of anilines is 1. The first-order chi connectivity index (χ1) is 11.1. The minimum atomic E-state index is -0.247. The van der Waals surface area contributed by atoms with E-state index in [0.717, 1.165) is 11.8 Å². The van der Waals surface area contributed by atoms with Crippen molar-refractivity contribution < 1.29 is 14.3 Å². The fraction of sp³-hybridized carbons (Fsp3) is 0.412. The molecule has 0 bridgehead atoms. The number of hydrazine groups is 1. The van der Waals surface area contributed by atoms with Crippen molar-refractivity contribution in [2.45, 2.75) is 26.7 Å². The topological polar surface area (TPSA) is 86.5 Å². The van der Waals surface area contributed by atoms with Gasteiger partial charge >= 0.3 is 5.97 Å². The van der Waals surface area contributed by atoms with Crippen molar-refractivity contribution >= 4 is 22.7 Å². The summed E-state index contributed by atoms with van der Waals surface area (Å²) in [4.78, 5) is 16.0. The van der Waals surface area contributed by atoms with E-state index in [4.69, 9.17) is 15.3 Å². The number of esters is 1. The Morgan fingerprint density at radius 2 is 2.09 bits per heavy atom. The number of carbonyl (C=O) groups excluding carboxylic acids is 1. The second kappa shape index (κ2) is 8.33. The van der Waals surface area contributed by atoms with Crippen LogP contribution in [0.25, 0.3) is 10.9 Å². The lowest BCUT2D eigenvalue weighted by Gasteiger charge is -2.10. The van der Waals surface area contributed by atoms with E-state index in [-0.39, 0.29) is 19.0 Å². The maximum Gasteiger partial charge on any atom is 0.309 e. The summed E-state index contributed by atoms with van der Waals surface area (Å²) in [6.07, 6.45) is 1.08. The Hall–Kier alpha value is -2.34. The summed E-state index contributed by atoms with van der Waals surface area (Å²) in [6, 6.07) is 9.34. The first-order valence-electron chi connectivity index (χ1n) is 7.75. The van der Waals surface area contributed by atoms with E-state index < -0.39 is 0 Å². The van der Waals surface area contributed by atoms with Crippen molar-refractivity contribution in [3.05, 3.63) is 30.3 Å². The van der Waals surface area contributed by atoms with Gasteiger partial charge in [-0.1, -0.05) is 26.0 Å². The summed E-state index contributed by atoms with van der Waals surface area (Å²) < 4.78 is 10.8. The minimum Gasteiger partial charge on any atom is -0.491 e. The molecule has 0 unspecified atom stereocenters. The van der Waals surface area contributed by atoms with Gasteiger partial charge in [0.1, 0.15) is 17.1 Å². The highest BCUT2D eigenvalue weighted by molar-refractivity contribution is 5.85. The molecule has 0 saturated carbocycles. The van der Waals surface area contributed by atoms with Gasteiger partial charge in [-0.05, 0) is 30.5 Å². The van der Waals surface area contributed by atoms with Crippen LogP contribution in [-0.2, 0) is 9.53 Å². The summed E-state index contributed by atoms with van der Waals surface area (Å²) in [5.74, 6) is 6.83. The summed E-state index contributed by atoms with van der Waals surface area (Å²) in [5, 5.41) is 0.945. The van der Waals surface area contributed by atoms with Crippen molar-refractivity contribution in [3.8, 4) is 5.75 Å². The van der Waals surface area contributed by atoms with Gasteiger partial charge in [-0.3, -0.25) is 4.79 Å². The van der Waals surface area contributed by atoms with Gasteiger partial charge in [0.2, 0.25) is 0 Å². The average Bonchev–Trinajstić information content (AvgIpc) is 2.54. The lowest BCUT2D eigenvalue weighted by molar-refractivity contribution is -0.144. The second-order valence-electron chi connectivity index (χ2n) is 5.67. The van der Waals surface area contributed by atoms with Gasteiger partial charge in [-0.2, -0.15) is 0 Å². The molecule has 3 N–H and O–H groups in total. The summed E-state index contributed by atoms with van der Waals surface area (Å²) >= 11 is 0. The molecule has 6 heteroatoms. The van der Waals surface area contributed by atoms with Crippen LogP contribution in [0.2, 0.25) is 0 Å². The molecule has 23 heavy (non-hydrogen) atoms. The normalized spacial score (nSPS) is 10.8. The highest BCUT2D eigenvalue weighted by atomic mass is 16.5. The SMILES string of the molecule is CC(C)CCOC(=O)CCOc1cccc2ccc(NN)nc12. The molecule has 0 amide bonds. The molecule has 0 saturated heterocycles. The second-order valence-corrected chi connectivity index (χ2v) is 5.67. The number of carbonyl (C=O) groups is 1. The lowest BCUT2D eigenvalue weighted by Crippen LogP contribution is -2.12. The number of fused-ring (bicyclic) bond motifs is 1. The maximum absolute atomic E-state index is 11.6. The number of nitrogens with one attached hydrogen (secondary N) is 1. The third kappa shape index (κ3) is 5.10. The van der Waals surface area contributed by atoms with Crippen LogP contribution in [0.3, 0.4) is 0 Å². The molecule has 1 aromatic heterocycles. The number of ether oxygens (including phenoxy) is 2. The molecule has 1 aromatic carbocycles. The predicted molar refractivity (Wildman–Crippen MR) is 90.1 cm³/mol. The van der Waals surface area contributed by atoms with Crippen LogP contribution in [0.4, 0.5) is 5.82 Å². The van der Waals surface area contributed by atoms with Crippen LogP contribution >= 0.6 is 0 Å². The monoisotopic (exact) mass is 317 g/mol.